The minimum Gasteiger partial charge on any atom is -0.396 e. The maximum absolute atomic E-state index is 9.53. The zero-order valence-corrected chi connectivity index (χ0v) is 12.3. The van der Waals surface area contributed by atoms with Crippen molar-refractivity contribution in [1.29, 1.82) is 0 Å². The van der Waals surface area contributed by atoms with E-state index in [0.29, 0.717) is 0 Å². The molecular weight excluding hydrogens is 252 g/mol. The molecule has 3 heteroatoms. The first kappa shape index (κ1) is 18.7. The standard InChI is InChI=1S/C17H26O3/c1-2-3-4-5-6-7-8-11-16(19)12-9-10-13-17(20)14-15-18/h8,11,16-20H,2-7,14-15H2,1H3/b11-8-/t16-,17+/m0/s1. The van der Waals surface area contributed by atoms with Gasteiger partial charge >= 0.3 is 0 Å². The Morgan fingerprint density at radius 3 is 2.40 bits per heavy atom. The van der Waals surface area contributed by atoms with Crippen molar-refractivity contribution < 1.29 is 15.3 Å². The highest BCUT2D eigenvalue weighted by atomic mass is 16.3. The number of hydrogen-bond donors (Lipinski definition) is 3. The second kappa shape index (κ2) is 14.2. The predicted octanol–water partition coefficient (Wildman–Crippen LogP) is 2.01. The highest BCUT2D eigenvalue weighted by Gasteiger charge is 1.94. The topological polar surface area (TPSA) is 60.7 Å². The molecule has 0 fully saturated rings. The van der Waals surface area contributed by atoms with Crippen LogP contribution in [0.1, 0.15) is 51.9 Å². The Balaban J connectivity index is 3.79. The van der Waals surface area contributed by atoms with Crippen molar-refractivity contribution in [1.82, 2.24) is 0 Å². The third kappa shape index (κ3) is 13.2. The van der Waals surface area contributed by atoms with E-state index in [-0.39, 0.29) is 13.0 Å². The Hall–Kier alpha value is -1.26. The van der Waals surface area contributed by atoms with Gasteiger partial charge in [0.1, 0.15) is 12.2 Å². The van der Waals surface area contributed by atoms with Gasteiger partial charge in [0.25, 0.3) is 0 Å². The average Bonchev–Trinajstić information content (AvgIpc) is 2.43. The second-order valence-electron chi connectivity index (χ2n) is 4.64. The number of hydrogen-bond acceptors (Lipinski definition) is 3. The van der Waals surface area contributed by atoms with E-state index in [0.717, 1.165) is 12.8 Å². The summed E-state index contributed by atoms with van der Waals surface area (Å²) < 4.78 is 0. The van der Waals surface area contributed by atoms with E-state index in [1.54, 1.807) is 6.08 Å². The molecule has 0 amide bonds. The molecule has 0 aromatic carbocycles. The Labute approximate surface area is 122 Å². The molecule has 2 atom stereocenters. The van der Waals surface area contributed by atoms with Gasteiger partial charge in [0.15, 0.2) is 0 Å². The lowest BCUT2D eigenvalue weighted by Gasteiger charge is -1.97. The van der Waals surface area contributed by atoms with E-state index in [4.69, 9.17) is 5.11 Å². The van der Waals surface area contributed by atoms with Gasteiger partial charge < -0.3 is 15.3 Å². The molecule has 0 aliphatic rings. The van der Waals surface area contributed by atoms with Crippen LogP contribution in [0.3, 0.4) is 0 Å². The molecular formula is C17H26O3. The lowest BCUT2D eigenvalue weighted by molar-refractivity contribution is 0.177. The predicted molar refractivity (Wildman–Crippen MR) is 81.8 cm³/mol. The van der Waals surface area contributed by atoms with Crippen molar-refractivity contribution in [3.63, 3.8) is 0 Å². The number of aliphatic hydroxyl groups excluding tert-OH is 3. The van der Waals surface area contributed by atoms with Crippen LogP contribution in [0.2, 0.25) is 0 Å². The van der Waals surface area contributed by atoms with Crippen molar-refractivity contribution in [2.45, 2.75) is 64.1 Å². The summed E-state index contributed by atoms with van der Waals surface area (Å²) in [5, 5.41) is 27.3. The van der Waals surface area contributed by atoms with Gasteiger partial charge in [-0.15, -0.1) is 0 Å². The Morgan fingerprint density at radius 1 is 1.00 bits per heavy atom. The number of rotatable bonds is 9. The van der Waals surface area contributed by atoms with Crippen LogP contribution in [-0.2, 0) is 0 Å². The highest BCUT2D eigenvalue weighted by Crippen LogP contribution is 2.05. The van der Waals surface area contributed by atoms with Crippen LogP contribution < -0.4 is 0 Å². The number of allylic oxidation sites excluding steroid dienone is 1. The van der Waals surface area contributed by atoms with E-state index >= 15 is 0 Å². The molecule has 0 rings (SSSR count). The van der Waals surface area contributed by atoms with Gasteiger partial charge in [0, 0.05) is 13.0 Å². The molecule has 112 valence electrons. The first-order valence-corrected chi connectivity index (χ1v) is 7.35. The fourth-order valence-corrected chi connectivity index (χ4v) is 1.56. The minimum absolute atomic E-state index is 0.104. The average molecular weight is 278 g/mol. The summed E-state index contributed by atoms with van der Waals surface area (Å²) in [5.41, 5.74) is 0. The Morgan fingerprint density at radius 2 is 1.70 bits per heavy atom. The fraction of sp³-hybridized carbons (Fsp3) is 0.647. The summed E-state index contributed by atoms with van der Waals surface area (Å²) in [6.45, 7) is 2.09. The molecule has 0 aromatic heterocycles. The summed E-state index contributed by atoms with van der Waals surface area (Å²) in [6.07, 6.45) is 9.31. The SMILES string of the molecule is CCCCCCC/C=C\[C@H](O)C#CC#C[C@@H](O)CCO. The monoisotopic (exact) mass is 278 g/mol. The zero-order chi connectivity index (χ0) is 15.1. The lowest BCUT2D eigenvalue weighted by Crippen LogP contribution is -2.04. The summed E-state index contributed by atoms with van der Waals surface area (Å²) in [7, 11) is 0. The van der Waals surface area contributed by atoms with Gasteiger partial charge in [-0.2, -0.15) is 0 Å². The van der Waals surface area contributed by atoms with E-state index in [1.165, 1.54) is 25.7 Å². The molecule has 0 saturated carbocycles. The van der Waals surface area contributed by atoms with Crippen LogP contribution in [0, 0.1) is 23.7 Å². The molecule has 0 unspecified atom stereocenters. The summed E-state index contributed by atoms with van der Waals surface area (Å²) in [5.74, 6) is 9.98. The van der Waals surface area contributed by atoms with Crippen LogP contribution >= 0.6 is 0 Å². The molecule has 3 nitrogen and oxygen atoms in total. The largest absolute Gasteiger partial charge is 0.396 e. The van der Waals surface area contributed by atoms with Crippen molar-refractivity contribution in [2.24, 2.45) is 0 Å². The number of unbranched alkanes of at least 4 members (excludes halogenated alkanes) is 5. The van der Waals surface area contributed by atoms with Gasteiger partial charge in [-0.25, -0.2) is 0 Å². The van der Waals surface area contributed by atoms with Crippen LogP contribution in [0.15, 0.2) is 12.2 Å². The molecule has 0 bridgehead atoms. The molecule has 0 spiro atoms. The molecule has 0 heterocycles. The van der Waals surface area contributed by atoms with Crippen LogP contribution in [0.4, 0.5) is 0 Å². The third-order valence-electron chi connectivity index (χ3n) is 2.72. The molecule has 3 N–H and O–H groups in total. The normalized spacial score (nSPS) is 13.2. The maximum atomic E-state index is 9.53. The quantitative estimate of drug-likeness (QED) is 0.343. The third-order valence-corrected chi connectivity index (χ3v) is 2.72. The molecule has 0 aliphatic carbocycles. The zero-order valence-electron chi connectivity index (χ0n) is 12.3. The van der Waals surface area contributed by atoms with Crippen LogP contribution in [0.5, 0.6) is 0 Å². The first-order chi connectivity index (χ1) is 9.70. The van der Waals surface area contributed by atoms with E-state index in [1.807, 2.05) is 6.08 Å². The molecule has 0 aliphatic heterocycles. The Kier molecular flexibility index (Phi) is 13.3. The highest BCUT2D eigenvalue weighted by molar-refractivity contribution is 5.29. The van der Waals surface area contributed by atoms with Gasteiger partial charge in [-0.1, -0.05) is 50.5 Å². The van der Waals surface area contributed by atoms with Gasteiger partial charge in [0.2, 0.25) is 0 Å². The first-order valence-electron chi connectivity index (χ1n) is 7.35. The molecule has 0 saturated heterocycles. The molecule has 20 heavy (non-hydrogen) atoms. The summed E-state index contributed by atoms with van der Waals surface area (Å²) in [6, 6.07) is 0. The van der Waals surface area contributed by atoms with E-state index in [2.05, 4.69) is 30.6 Å². The van der Waals surface area contributed by atoms with Gasteiger partial charge in [-0.3, -0.25) is 0 Å². The van der Waals surface area contributed by atoms with Crippen molar-refractivity contribution in [3.8, 4) is 23.7 Å². The molecule has 0 aromatic rings. The Bertz CT molecular complexity index is 365. The van der Waals surface area contributed by atoms with Crippen molar-refractivity contribution >= 4 is 0 Å². The summed E-state index contributed by atoms with van der Waals surface area (Å²) in [4.78, 5) is 0. The van der Waals surface area contributed by atoms with Crippen molar-refractivity contribution in [2.75, 3.05) is 6.61 Å². The number of aliphatic hydroxyl groups is 3. The second-order valence-corrected chi connectivity index (χ2v) is 4.64. The maximum Gasteiger partial charge on any atom is 0.134 e. The molecule has 0 radical (unpaired) electrons. The minimum atomic E-state index is -0.856. The van der Waals surface area contributed by atoms with E-state index < -0.39 is 12.2 Å². The van der Waals surface area contributed by atoms with Gasteiger partial charge in [-0.05, 0) is 30.8 Å². The smallest absolute Gasteiger partial charge is 0.134 e. The van der Waals surface area contributed by atoms with E-state index in [9.17, 15) is 10.2 Å². The van der Waals surface area contributed by atoms with Crippen molar-refractivity contribution in [3.05, 3.63) is 12.2 Å². The summed E-state index contributed by atoms with van der Waals surface area (Å²) >= 11 is 0. The fourth-order valence-electron chi connectivity index (χ4n) is 1.56. The van der Waals surface area contributed by atoms with Crippen LogP contribution in [0.25, 0.3) is 0 Å². The van der Waals surface area contributed by atoms with Gasteiger partial charge in [0.05, 0.1) is 0 Å². The lowest BCUT2D eigenvalue weighted by atomic mass is 10.1. The van der Waals surface area contributed by atoms with Crippen LogP contribution in [-0.4, -0.2) is 34.1 Å².